The smallest absolute Gasteiger partial charge is 0.274 e. The Morgan fingerprint density at radius 1 is 1.42 bits per heavy atom. The fraction of sp³-hybridized carbons (Fsp3) is 0.250. The molecular formula is C16H14ClN5O2. The average molecular weight is 344 g/mol. The van der Waals surface area contributed by atoms with E-state index in [-0.39, 0.29) is 22.4 Å². The molecule has 1 heterocycles. The summed E-state index contributed by atoms with van der Waals surface area (Å²) >= 11 is 5.91. The van der Waals surface area contributed by atoms with Gasteiger partial charge in [0.1, 0.15) is 5.69 Å². The Morgan fingerprint density at radius 2 is 2.12 bits per heavy atom. The topological polar surface area (TPSA) is 114 Å². The highest BCUT2D eigenvalue weighted by Gasteiger charge is 2.30. The molecule has 0 saturated heterocycles. The van der Waals surface area contributed by atoms with Crippen molar-refractivity contribution in [2.24, 2.45) is 5.73 Å². The number of hydrogen-bond acceptors (Lipinski definition) is 4. The van der Waals surface area contributed by atoms with Crippen LogP contribution in [0.25, 0.3) is 0 Å². The highest BCUT2D eigenvalue weighted by Crippen LogP contribution is 2.36. The van der Waals surface area contributed by atoms with Crippen molar-refractivity contribution in [2.75, 3.05) is 5.32 Å². The Bertz CT molecular complexity index is 893. The maximum absolute atomic E-state index is 12.6. The molecule has 2 aromatic rings. The number of halogens is 1. The number of anilines is 1. The van der Waals surface area contributed by atoms with Crippen LogP contribution in [0.4, 0.5) is 5.69 Å². The van der Waals surface area contributed by atoms with E-state index in [9.17, 15) is 9.59 Å². The molecule has 1 saturated carbocycles. The minimum atomic E-state index is -0.723. The first-order valence-corrected chi connectivity index (χ1v) is 7.69. The zero-order valence-corrected chi connectivity index (χ0v) is 13.6. The van der Waals surface area contributed by atoms with Gasteiger partial charge < -0.3 is 11.1 Å². The van der Waals surface area contributed by atoms with Gasteiger partial charge in [-0.25, -0.2) is 0 Å². The van der Waals surface area contributed by atoms with Gasteiger partial charge in [0.2, 0.25) is 0 Å². The van der Waals surface area contributed by atoms with Crippen LogP contribution in [-0.2, 0) is 0 Å². The Hall–Kier alpha value is -2.85. The van der Waals surface area contributed by atoms with Crippen LogP contribution in [-0.4, -0.2) is 21.6 Å². The molecule has 0 aliphatic heterocycles. The maximum atomic E-state index is 12.6. The van der Waals surface area contributed by atoms with Gasteiger partial charge in [-0.3, -0.25) is 14.3 Å². The summed E-state index contributed by atoms with van der Waals surface area (Å²) in [6.45, 7) is 1.69. The molecule has 24 heavy (non-hydrogen) atoms. The van der Waals surface area contributed by atoms with Gasteiger partial charge in [0.25, 0.3) is 11.8 Å². The molecule has 2 amide bonds. The molecule has 1 aromatic heterocycles. The first kappa shape index (κ1) is 16.0. The quantitative estimate of drug-likeness (QED) is 0.887. The van der Waals surface area contributed by atoms with E-state index in [4.69, 9.17) is 22.6 Å². The van der Waals surface area contributed by atoms with Crippen LogP contribution in [0.5, 0.6) is 0 Å². The first-order chi connectivity index (χ1) is 11.4. The summed E-state index contributed by atoms with van der Waals surface area (Å²) in [7, 11) is 0. The average Bonchev–Trinajstić information content (AvgIpc) is 3.30. The van der Waals surface area contributed by atoms with Crippen LogP contribution >= 0.6 is 11.6 Å². The van der Waals surface area contributed by atoms with Gasteiger partial charge >= 0.3 is 0 Å². The van der Waals surface area contributed by atoms with Crippen LogP contribution in [0.3, 0.4) is 0 Å². The number of amides is 2. The summed E-state index contributed by atoms with van der Waals surface area (Å²) in [6, 6.07) is 6.55. The van der Waals surface area contributed by atoms with Crippen molar-refractivity contribution in [1.82, 2.24) is 9.78 Å². The van der Waals surface area contributed by atoms with Crippen molar-refractivity contribution in [2.45, 2.75) is 25.8 Å². The lowest BCUT2D eigenvalue weighted by molar-refractivity contribution is 0.100. The van der Waals surface area contributed by atoms with Crippen LogP contribution in [0.15, 0.2) is 18.2 Å². The number of hydrogen-bond donors (Lipinski definition) is 2. The Balaban J connectivity index is 1.98. The molecule has 1 fully saturated rings. The van der Waals surface area contributed by atoms with Crippen molar-refractivity contribution < 1.29 is 9.59 Å². The van der Waals surface area contributed by atoms with Gasteiger partial charge in [-0.05, 0) is 37.5 Å². The number of carbonyl (C=O) groups excluding carboxylic acids is 2. The second-order valence-electron chi connectivity index (χ2n) is 5.67. The van der Waals surface area contributed by atoms with Gasteiger partial charge in [0, 0.05) is 6.07 Å². The van der Waals surface area contributed by atoms with E-state index in [0.29, 0.717) is 16.8 Å². The molecule has 0 bridgehead atoms. The Labute approximate surface area is 143 Å². The maximum Gasteiger partial charge on any atom is 0.274 e. The van der Waals surface area contributed by atoms with E-state index in [1.54, 1.807) is 17.7 Å². The van der Waals surface area contributed by atoms with Crippen molar-refractivity contribution in [3.63, 3.8) is 0 Å². The largest absolute Gasteiger partial charge is 0.366 e. The van der Waals surface area contributed by atoms with E-state index >= 15 is 0 Å². The number of carbonyl (C=O) groups is 2. The van der Waals surface area contributed by atoms with E-state index in [2.05, 4.69) is 10.4 Å². The minimum absolute atomic E-state index is 0.0866. The van der Waals surface area contributed by atoms with Gasteiger partial charge in [-0.15, -0.1) is 0 Å². The molecule has 1 aliphatic carbocycles. The second-order valence-corrected chi connectivity index (χ2v) is 6.06. The van der Waals surface area contributed by atoms with E-state index in [1.165, 1.54) is 12.1 Å². The van der Waals surface area contributed by atoms with Crippen molar-refractivity contribution in [1.29, 1.82) is 5.26 Å². The zero-order chi connectivity index (χ0) is 17.4. The SMILES string of the molecule is Cc1cc(C#N)cc(C(N)=O)c1NC(=O)c1cc(Cl)nn1C1CC1. The molecule has 0 radical (unpaired) electrons. The lowest BCUT2D eigenvalue weighted by Crippen LogP contribution is -2.21. The third-order valence-electron chi connectivity index (χ3n) is 3.80. The van der Waals surface area contributed by atoms with Crippen LogP contribution < -0.4 is 11.1 Å². The van der Waals surface area contributed by atoms with Crippen LogP contribution in [0.2, 0.25) is 5.15 Å². The highest BCUT2D eigenvalue weighted by molar-refractivity contribution is 6.29. The van der Waals surface area contributed by atoms with E-state index in [1.807, 2.05) is 6.07 Å². The number of nitrogens with two attached hydrogens (primary N) is 1. The summed E-state index contributed by atoms with van der Waals surface area (Å²) in [5.74, 6) is -1.16. The molecule has 122 valence electrons. The second kappa shape index (κ2) is 5.98. The van der Waals surface area contributed by atoms with Crippen LogP contribution in [0.1, 0.15) is 50.9 Å². The lowest BCUT2D eigenvalue weighted by atomic mass is 10.0. The molecule has 7 nitrogen and oxygen atoms in total. The van der Waals surface area contributed by atoms with Gasteiger partial charge in [0.05, 0.1) is 28.9 Å². The number of benzene rings is 1. The molecule has 0 spiro atoms. The number of nitrogens with one attached hydrogen (secondary N) is 1. The van der Waals surface area contributed by atoms with Crippen molar-refractivity contribution >= 4 is 29.1 Å². The first-order valence-electron chi connectivity index (χ1n) is 7.31. The predicted molar refractivity (Wildman–Crippen MR) is 87.9 cm³/mol. The van der Waals surface area contributed by atoms with Gasteiger partial charge in [-0.2, -0.15) is 10.4 Å². The zero-order valence-electron chi connectivity index (χ0n) is 12.8. The van der Waals surface area contributed by atoms with Crippen molar-refractivity contribution in [3.8, 4) is 6.07 Å². The monoisotopic (exact) mass is 343 g/mol. The summed E-state index contributed by atoms with van der Waals surface area (Å²) in [6.07, 6.45) is 1.89. The number of aromatic nitrogens is 2. The molecule has 1 aromatic carbocycles. The van der Waals surface area contributed by atoms with Gasteiger partial charge in [-0.1, -0.05) is 11.6 Å². The normalized spacial score (nSPS) is 13.4. The van der Waals surface area contributed by atoms with Crippen LogP contribution in [0, 0.1) is 18.3 Å². The van der Waals surface area contributed by atoms with Gasteiger partial charge in [0.15, 0.2) is 5.15 Å². The molecule has 0 unspecified atom stereocenters. The number of aryl methyl sites for hydroxylation is 1. The summed E-state index contributed by atoms with van der Waals surface area (Å²) in [5, 5.41) is 16.1. The lowest BCUT2D eigenvalue weighted by Gasteiger charge is -2.13. The minimum Gasteiger partial charge on any atom is -0.366 e. The summed E-state index contributed by atoms with van der Waals surface area (Å²) < 4.78 is 1.60. The highest BCUT2D eigenvalue weighted by atomic mass is 35.5. The molecule has 0 atom stereocenters. The summed E-state index contributed by atoms with van der Waals surface area (Å²) in [5.41, 5.74) is 6.93. The Kier molecular flexibility index (Phi) is 3.99. The molecule has 3 N–H and O–H groups in total. The fourth-order valence-electron chi connectivity index (χ4n) is 2.52. The van der Waals surface area contributed by atoms with E-state index in [0.717, 1.165) is 12.8 Å². The third-order valence-corrected chi connectivity index (χ3v) is 3.98. The number of nitrogens with zero attached hydrogens (tertiary/aromatic N) is 3. The number of nitriles is 1. The number of primary amides is 1. The number of rotatable bonds is 4. The predicted octanol–water partition coefficient (Wildman–Crippen LogP) is 2.40. The third kappa shape index (κ3) is 2.96. The van der Waals surface area contributed by atoms with E-state index < -0.39 is 11.8 Å². The molecule has 8 heteroatoms. The molecular weight excluding hydrogens is 330 g/mol. The molecule has 3 rings (SSSR count). The Morgan fingerprint density at radius 3 is 2.71 bits per heavy atom. The summed E-state index contributed by atoms with van der Waals surface area (Å²) in [4.78, 5) is 24.3. The molecule has 1 aliphatic rings. The fourth-order valence-corrected chi connectivity index (χ4v) is 2.71. The van der Waals surface area contributed by atoms with Crippen molar-refractivity contribution in [3.05, 3.63) is 45.7 Å². The standard InChI is InChI=1S/C16H14ClN5O2/c1-8-4-9(7-18)5-11(15(19)23)14(8)20-16(24)12-6-13(17)21-22(12)10-2-3-10/h4-6,10H,2-3H2,1H3,(H2,19,23)(H,20,24).